The predicted octanol–water partition coefficient (Wildman–Crippen LogP) is 6.91. The maximum absolute atomic E-state index is 11.3. The van der Waals surface area contributed by atoms with Gasteiger partial charge in [-0.1, -0.05) is 78.5 Å². The summed E-state index contributed by atoms with van der Waals surface area (Å²) in [6.07, 6.45) is 3.69. The summed E-state index contributed by atoms with van der Waals surface area (Å²) in [5.41, 5.74) is 1.75. The largest absolute Gasteiger partial charge is 0.506 e. The van der Waals surface area contributed by atoms with Crippen molar-refractivity contribution in [3.8, 4) is 16.9 Å². The number of phenolic OH excluding ortho intramolecular Hbond substituents is 1. The minimum atomic E-state index is 0.297. The van der Waals surface area contributed by atoms with Crippen LogP contribution in [0.4, 0.5) is 0 Å². The molecule has 3 heteroatoms. The van der Waals surface area contributed by atoms with Gasteiger partial charge in [0, 0.05) is 33.8 Å². The quantitative estimate of drug-likeness (QED) is 0.370. The Morgan fingerprint density at radius 2 is 1.32 bits per heavy atom. The Morgan fingerprint density at radius 1 is 0.643 bits per heavy atom. The molecule has 0 saturated heterocycles. The van der Waals surface area contributed by atoms with Crippen LogP contribution in [0.25, 0.3) is 32.7 Å². The highest BCUT2D eigenvalue weighted by Crippen LogP contribution is 2.46. The number of nitrogens with zero attached hydrogens (tertiary/aromatic N) is 1. The summed E-state index contributed by atoms with van der Waals surface area (Å²) in [7, 11) is 0. The molecule has 0 fully saturated rings. The van der Waals surface area contributed by atoms with Crippen molar-refractivity contribution in [2.24, 2.45) is 0 Å². The van der Waals surface area contributed by atoms with E-state index in [1.54, 1.807) is 11.8 Å². The van der Waals surface area contributed by atoms with Crippen LogP contribution in [-0.4, -0.2) is 10.1 Å². The molecule has 0 aliphatic heterocycles. The number of rotatable bonds is 3. The lowest BCUT2D eigenvalue weighted by atomic mass is 9.97. The predicted molar refractivity (Wildman–Crippen MR) is 117 cm³/mol. The fraction of sp³-hybridized carbons (Fsp3) is 0. The van der Waals surface area contributed by atoms with Gasteiger partial charge in [-0.2, -0.15) is 0 Å². The summed E-state index contributed by atoms with van der Waals surface area (Å²) >= 11 is 1.59. The summed E-state index contributed by atoms with van der Waals surface area (Å²) in [5, 5.41) is 15.6. The van der Waals surface area contributed by atoms with Crippen molar-refractivity contribution in [1.29, 1.82) is 0 Å². The molecule has 0 saturated carbocycles. The van der Waals surface area contributed by atoms with Crippen molar-refractivity contribution in [2.45, 2.75) is 9.79 Å². The maximum atomic E-state index is 11.3. The van der Waals surface area contributed by atoms with Gasteiger partial charge in [0.05, 0.1) is 4.90 Å². The molecular weight excluding hydrogens is 362 g/mol. The molecule has 28 heavy (non-hydrogen) atoms. The fourth-order valence-corrected chi connectivity index (χ4v) is 4.58. The molecule has 0 unspecified atom stereocenters. The molecule has 5 rings (SSSR count). The van der Waals surface area contributed by atoms with E-state index in [2.05, 4.69) is 41.4 Å². The third-order valence-corrected chi connectivity index (χ3v) is 6.02. The first kappa shape index (κ1) is 16.8. The first-order chi connectivity index (χ1) is 13.8. The van der Waals surface area contributed by atoms with Gasteiger partial charge in [-0.05, 0) is 34.4 Å². The first-order valence-corrected chi connectivity index (χ1v) is 9.93. The van der Waals surface area contributed by atoms with Crippen LogP contribution < -0.4 is 0 Å². The van der Waals surface area contributed by atoms with Gasteiger partial charge in [0.25, 0.3) is 0 Å². The van der Waals surface area contributed by atoms with E-state index in [1.807, 2.05) is 60.9 Å². The number of aromatic nitrogens is 1. The second-order valence-corrected chi connectivity index (χ2v) is 7.73. The lowest BCUT2D eigenvalue weighted by molar-refractivity contribution is 0.466. The van der Waals surface area contributed by atoms with Crippen molar-refractivity contribution < 1.29 is 5.11 Å². The zero-order chi connectivity index (χ0) is 18.9. The Labute approximate surface area is 167 Å². The number of hydrogen-bond donors (Lipinski definition) is 1. The van der Waals surface area contributed by atoms with E-state index in [1.165, 1.54) is 0 Å². The lowest BCUT2D eigenvalue weighted by Gasteiger charge is -2.15. The molecule has 1 aromatic heterocycles. The second-order valence-electron chi connectivity index (χ2n) is 6.65. The summed E-state index contributed by atoms with van der Waals surface area (Å²) in [5.74, 6) is 0.297. The van der Waals surface area contributed by atoms with Crippen LogP contribution in [0.2, 0.25) is 0 Å². The van der Waals surface area contributed by atoms with E-state index >= 15 is 0 Å². The van der Waals surface area contributed by atoms with Gasteiger partial charge in [-0.25, -0.2) is 0 Å². The van der Waals surface area contributed by atoms with Gasteiger partial charge in [0.15, 0.2) is 0 Å². The zero-order valence-corrected chi connectivity index (χ0v) is 15.9. The maximum Gasteiger partial charge on any atom is 0.138 e. The van der Waals surface area contributed by atoms with Gasteiger partial charge < -0.3 is 5.11 Å². The molecule has 0 aliphatic carbocycles. The van der Waals surface area contributed by atoms with Crippen LogP contribution in [0.15, 0.2) is 107 Å². The zero-order valence-electron chi connectivity index (χ0n) is 15.0. The van der Waals surface area contributed by atoms with Crippen LogP contribution in [0.5, 0.6) is 5.75 Å². The topological polar surface area (TPSA) is 33.1 Å². The van der Waals surface area contributed by atoms with Crippen molar-refractivity contribution in [3.63, 3.8) is 0 Å². The van der Waals surface area contributed by atoms with Crippen LogP contribution in [0.1, 0.15) is 0 Å². The molecule has 0 bridgehead atoms. The van der Waals surface area contributed by atoms with E-state index in [9.17, 15) is 5.11 Å². The Bertz CT molecular complexity index is 1290. The van der Waals surface area contributed by atoms with E-state index < -0.39 is 0 Å². The highest BCUT2D eigenvalue weighted by atomic mass is 32.2. The van der Waals surface area contributed by atoms with E-state index in [0.717, 1.165) is 42.5 Å². The summed E-state index contributed by atoms with van der Waals surface area (Å²) in [6.45, 7) is 0. The number of hydrogen-bond acceptors (Lipinski definition) is 3. The van der Waals surface area contributed by atoms with E-state index in [-0.39, 0.29) is 0 Å². The summed E-state index contributed by atoms with van der Waals surface area (Å²) in [6, 6.07) is 28.5. The molecule has 0 spiro atoms. The third-order valence-electron chi connectivity index (χ3n) is 4.90. The van der Waals surface area contributed by atoms with Crippen LogP contribution in [-0.2, 0) is 0 Å². The lowest BCUT2D eigenvalue weighted by Crippen LogP contribution is -1.88. The van der Waals surface area contributed by atoms with Gasteiger partial charge in [-0.3, -0.25) is 4.98 Å². The molecule has 0 amide bonds. The Morgan fingerprint density at radius 3 is 2.14 bits per heavy atom. The number of benzene rings is 4. The van der Waals surface area contributed by atoms with E-state index in [0.29, 0.717) is 5.75 Å². The van der Waals surface area contributed by atoms with Gasteiger partial charge in [0.2, 0.25) is 0 Å². The number of fused-ring (bicyclic) bond motifs is 2. The molecule has 2 nitrogen and oxygen atoms in total. The molecule has 134 valence electrons. The molecule has 4 aromatic carbocycles. The molecule has 0 atom stereocenters. The molecular formula is C25H17NOS. The van der Waals surface area contributed by atoms with Crippen molar-refractivity contribution >= 4 is 33.3 Å². The Hall–Kier alpha value is -3.30. The Kier molecular flexibility index (Phi) is 4.22. The highest BCUT2D eigenvalue weighted by molar-refractivity contribution is 7.99. The SMILES string of the molecule is Oc1c(-c2cncc3ccccc23)cc2ccccc2c1Sc1ccccc1. The highest BCUT2D eigenvalue weighted by Gasteiger charge is 2.17. The minimum Gasteiger partial charge on any atom is -0.506 e. The first-order valence-electron chi connectivity index (χ1n) is 9.12. The second kappa shape index (κ2) is 7.02. The summed E-state index contributed by atoms with van der Waals surface area (Å²) in [4.78, 5) is 6.37. The third kappa shape index (κ3) is 2.90. The molecule has 1 N–H and O–H groups in total. The van der Waals surface area contributed by atoms with Crippen molar-refractivity contribution in [1.82, 2.24) is 4.98 Å². The van der Waals surface area contributed by atoms with Crippen LogP contribution in [0.3, 0.4) is 0 Å². The monoisotopic (exact) mass is 379 g/mol. The number of aromatic hydroxyl groups is 1. The van der Waals surface area contributed by atoms with Gasteiger partial charge >= 0.3 is 0 Å². The number of phenols is 1. The smallest absolute Gasteiger partial charge is 0.138 e. The van der Waals surface area contributed by atoms with Crippen molar-refractivity contribution in [3.05, 3.63) is 97.3 Å². The molecule has 1 heterocycles. The van der Waals surface area contributed by atoms with Crippen LogP contribution in [0, 0.1) is 0 Å². The van der Waals surface area contributed by atoms with Gasteiger partial charge in [0.1, 0.15) is 5.75 Å². The average molecular weight is 379 g/mol. The minimum absolute atomic E-state index is 0.297. The number of pyridine rings is 1. The molecule has 0 radical (unpaired) electrons. The Balaban J connectivity index is 1.79. The van der Waals surface area contributed by atoms with Crippen molar-refractivity contribution in [2.75, 3.05) is 0 Å². The molecule has 5 aromatic rings. The van der Waals surface area contributed by atoms with E-state index in [4.69, 9.17) is 0 Å². The van der Waals surface area contributed by atoms with Crippen LogP contribution >= 0.6 is 11.8 Å². The summed E-state index contributed by atoms with van der Waals surface area (Å²) < 4.78 is 0. The van der Waals surface area contributed by atoms with Gasteiger partial charge in [-0.15, -0.1) is 0 Å². The molecule has 0 aliphatic rings. The fourth-order valence-electron chi connectivity index (χ4n) is 3.55. The average Bonchev–Trinajstić information content (AvgIpc) is 2.76. The standard InChI is InChI=1S/C25H17NOS/c27-24-22(23-16-26-15-18-9-5-6-12-20(18)23)14-17-8-4-7-13-21(17)25(24)28-19-10-2-1-3-11-19/h1-16,27H. The normalized spacial score (nSPS) is 11.1.